The Hall–Kier alpha value is -2.92. The number of carbonyl (C=O) groups is 1. The third-order valence-electron chi connectivity index (χ3n) is 5.46. The van der Waals surface area contributed by atoms with Gasteiger partial charge in [0.1, 0.15) is 6.54 Å². The van der Waals surface area contributed by atoms with Gasteiger partial charge in [0.2, 0.25) is 5.91 Å². The van der Waals surface area contributed by atoms with Gasteiger partial charge in [-0.15, -0.1) is 0 Å². The molecule has 2 aromatic carbocycles. The maximum absolute atomic E-state index is 12.9. The number of benzene rings is 2. The van der Waals surface area contributed by atoms with E-state index in [1.165, 1.54) is 16.7 Å². The summed E-state index contributed by atoms with van der Waals surface area (Å²) < 4.78 is 1.77. The molecule has 1 aliphatic heterocycles. The smallest absolute Gasteiger partial charge is 0.244 e. The molecule has 0 atom stereocenters. The van der Waals surface area contributed by atoms with Gasteiger partial charge < -0.3 is 9.80 Å². The molecule has 0 N–H and O–H groups in total. The number of hydrogen-bond donors (Lipinski definition) is 0. The molecule has 0 saturated carbocycles. The van der Waals surface area contributed by atoms with E-state index in [0.29, 0.717) is 6.54 Å². The number of rotatable bonds is 5. The molecule has 0 spiro atoms. The minimum absolute atomic E-state index is 0.120. The topological polar surface area (TPSA) is 41.4 Å². The van der Waals surface area contributed by atoms with Crippen molar-refractivity contribution < 1.29 is 4.79 Å². The number of amides is 1. The summed E-state index contributed by atoms with van der Waals surface area (Å²) in [6.45, 7) is 4.66. The molecule has 1 aliphatic rings. The Morgan fingerprint density at radius 1 is 1.10 bits per heavy atom. The van der Waals surface area contributed by atoms with E-state index < -0.39 is 0 Å². The summed E-state index contributed by atoms with van der Waals surface area (Å²) >= 11 is 0. The molecule has 0 radical (unpaired) electrons. The average molecular weight is 389 g/mol. The second-order valence-corrected chi connectivity index (χ2v) is 8.10. The van der Waals surface area contributed by atoms with Gasteiger partial charge in [0.05, 0.1) is 5.69 Å². The van der Waals surface area contributed by atoms with Crippen LogP contribution < -0.4 is 0 Å². The van der Waals surface area contributed by atoms with Crippen molar-refractivity contribution >= 4 is 5.91 Å². The summed E-state index contributed by atoms with van der Waals surface area (Å²) in [5, 5.41) is 4.57. The van der Waals surface area contributed by atoms with Gasteiger partial charge in [0.25, 0.3) is 0 Å². The Kier molecular flexibility index (Phi) is 5.49. The molecular formula is C24H28N4O. The minimum Gasteiger partial charge on any atom is -0.336 e. The summed E-state index contributed by atoms with van der Waals surface area (Å²) in [6.07, 6.45) is 2.89. The maximum Gasteiger partial charge on any atom is 0.244 e. The Bertz CT molecular complexity index is 1010. The van der Waals surface area contributed by atoms with Crippen molar-refractivity contribution in [3.8, 4) is 11.1 Å². The van der Waals surface area contributed by atoms with Crippen LogP contribution in [0.1, 0.15) is 22.4 Å². The van der Waals surface area contributed by atoms with Crippen LogP contribution in [0.15, 0.2) is 54.7 Å². The van der Waals surface area contributed by atoms with E-state index >= 15 is 0 Å². The average Bonchev–Trinajstić information content (AvgIpc) is 3.07. The van der Waals surface area contributed by atoms with Crippen molar-refractivity contribution in [2.45, 2.75) is 33.0 Å². The van der Waals surface area contributed by atoms with E-state index in [1.54, 1.807) is 4.68 Å². The molecule has 150 valence electrons. The molecule has 2 heterocycles. The fourth-order valence-corrected chi connectivity index (χ4v) is 4.02. The molecule has 0 fully saturated rings. The lowest BCUT2D eigenvalue weighted by Gasteiger charge is -2.29. The van der Waals surface area contributed by atoms with Gasteiger partial charge in [-0.3, -0.25) is 9.48 Å². The molecule has 29 heavy (non-hydrogen) atoms. The van der Waals surface area contributed by atoms with Gasteiger partial charge in [-0.25, -0.2) is 0 Å². The predicted molar refractivity (Wildman–Crippen MR) is 115 cm³/mol. The van der Waals surface area contributed by atoms with Crippen LogP contribution in [0.3, 0.4) is 0 Å². The summed E-state index contributed by atoms with van der Waals surface area (Å²) in [5.41, 5.74) is 7.11. The highest BCUT2D eigenvalue weighted by molar-refractivity contribution is 5.76. The largest absolute Gasteiger partial charge is 0.336 e. The van der Waals surface area contributed by atoms with E-state index in [4.69, 9.17) is 0 Å². The van der Waals surface area contributed by atoms with Crippen molar-refractivity contribution in [1.82, 2.24) is 19.6 Å². The van der Waals surface area contributed by atoms with Gasteiger partial charge in [-0.05, 0) is 49.7 Å². The second-order valence-electron chi connectivity index (χ2n) is 8.10. The first kappa shape index (κ1) is 19.4. The number of carbonyl (C=O) groups excluding carboxylic acids is 1. The fraction of sp³-hybridized carbons (Fsp3) is 0.333. The van der Waals surface area contributed by atoms with Crippen LogP contribution in [0.4, 0.5) is 0 Å². The van der Waals surface area contributed by atoms with Crippen molar-refractivity contribution in [1.29, 1.82) is 0 Å². The number of fused-ring (bicyclic) bond motifs is 1. The lowest BCUT2D eigenvalue weighted by Crippen LogP contribution is -2.38. The summed E-state index contributed by atoms with van der Waals surface area (Å²) in [7, 11) is 4.17. The molecule has 5 nitrogen and oxygen atoms in total. The van der Waals surface area contributed by atoms with Gasteiger partial charge in [0, 0.05) is 31.4 Å². The molecule has 3 aromatic rings. The van der Waals surface area contributed by atoms with Crippen molar-refractivity contribution in [2.24, 2.45) is 0 Å². The molecule has 0 bridgehead atoms. The molecule has 1 aromatic heterocycles. The first-order valence-electron chi connectivity index (χ1n) is 10.1. The zero-order valence-corrected chi connectivity index (χ0v) is 17.4. The quantitative estimate of drug-likeness (QED) is 0.672. The van der Waals surface area contributed by atoms with E-state index in [9.17, 15) is 4.79 Å². The van der Waals surface area contributed by atoms with E-state index in [0.717, 1.165) is 36.3 Å². The number of aryl methyl sites for hydroxylation is 1. The third kappa shape index (κ3) is 4.40. The first-order chi connectivity index (χ1) is 14.0. The monoisotopic (exact) mass is 388 g/mol. The summed E-state index contributed by atoms with van der Waals surface area (Å²) in [5.74, 6) is 0.120. The SMILES string of the molecule is Cc1nn(CC(=O)N2CCc3cc(CN(C)C)ccc3C2)cc1-c1ccccc1. The maximum atomic E-state index is 12.9. The lowest BCUT2D eigenvalue weighted by atomic mass is 9.97. The van der Waals surface area contributed by atoms with Crippen molar-refractivity contribution in [3.63, 3.8) is 0 Å². The lowest BCUT2D eigenvalue weighted by molar-refractivity contribution is -0.132. The van der Waals surface area contributed by atoms with Gasteiger partial charge in [-0.2, -0.15) is 5.10 Å². The number of nitrogens with zero attached hydrogens (tertiary/aromatic N) is 4. The Balaban J connectivity index is 1.44. The molecule has 0 saturated heterocycles. The molecular weight excluding hydrogens is 360 g/mol. The van der Waals surface area contributed by atoms with Crippen molar-refractivity contribution in [3.05, 3.63) is 77.1 Å². The molecule has 0 unspecified atom stereocenters. The summed E-state index contributed by atoms with van der Waals surface area (Å²) in [4.78, 5) is 17.0. The van der Waals surface area contributed by atoms with Crippen LogP contribution in [-0.4, -0.2) is 46.1 Å². The van der Waals surface area contributed by atoms with Gasteiger partial charge in [-0.1, -0.05) is 48.5 Å². The van der Waals surface area contributed by atoms with Crippen LogP contribution >= 0.6 is 0 Å². The molecule has 4 rings (SSSR count). The Morgan fingerprint density at radius 2 is 1.90 bits per heavy atom. The van der Waals surface area contributed by atoms with E-state index in [1.807, 2.05) is 36.2 Å². The summed E-state index contributed by atoms with van der Waals surface area (Å²) in [6, 6.07) is 16.8. The van der Waals surface area contributed by atoms with E-state index in [2.05, 4.69) is 54.4 Å². The normalized spacial score (nSPS) is 13.6. The van der Waals surface area contributed by atoms with Crippen LogP contribution in [0.25, 0.3) is 11.1 Å². The van der Waals surface area contributed by atoms with Gasteiger partial charge >= 0.3 is 0 Å². The minimum atomic E-state index is 0.120. The number of hydrogen-bond acceptors (Lipinski definition) is 3. The predicted octanol–water partition coefficient (Wildman–Crippen LogP) is 3.51. The van der Waals surface area contributed by atoms with Crippen molar-refractivity contribution in [2.75, 3.05) is 20.6 Å². The second kappa shape index (κ2) is 8.21. The molecule has 5 heteroatoms. The Morgan fingerprint density at radius 3 is 2.66 bits per heavy atom. The first-order valence-corrected chi connectivity index (χ1v) is 10.1. The zero-order valence-electron chi connectivity index (χ0n) is 17.4. The van der Waals surface area contributed by atoms with Crippen LogP contribution in [-0.2, 0) is 30.8 Å². The highest BCUT2D eigenvalue weighted by atomic mass is 16.2. The van der Waals surface area contributed by atoms with Crippen LogP contribution in [0, 0.1) is 6.92 Å². The van der Waals surface area contributed by atoms with Gasteiger partial charge in [0.15, 0.2) is 0 Å². The fourth-order valence-electron chi connectivity index (χ4n) is 4.02. The van der Waals surface area contributed by atoms with E-state index in [-0.39, 0.29) is 12.5 Å². The molecule has 0 aliphatic carbocycles. The standard InChI is InChI=1S/C24H28N4O/c1-18-23(20-7-5-4-6-8-20)16-28(25-18)17-24(29)27-12-11-21-13-19(14-26(2)3)9-10-22(21)15-27/h4-10,13,16H,11-12,14-15,17H2,1-3H3. The highest BCUT2D eigenvalue weighted by Gasteiger charge is 2.22. The third-order valence-corrected chi connectivity index (χ3v) is 5.46. The highest BCUT2D eigenvalue weighted by Crippen LogP contribution is 2.23. The Labute approximate surface area is 172 Å². The molecule has 1 amide bonds. The number of aromatic nitrogens is 2. The van der Waals surface area contributed by atoms with Crippen LogP contribution in [0.2, 0.25) is 0 Å². The zero-order chi connectivity index (χ0) is 20.4. The van der Waals surface area contributed by atoms with Crippen LogP contribution in [0.5, 0.6) is 0 Å².